The molecular weight excluding hydrogens is 436 g/mol. The highest BCUT2D eigenvalue weighted by Crippen LogP contribution is 2.28. The molecule has 0 radical (unpaired) electrons. The molecule has 0 fully saturated rings. The summed E-state index contributed by atoms with van der Waals surface area (Å²) in [5, 5.41) is 6.47. The molecule has 0 atom stereocenters. The maximum Gasteiger partial charge on any atom is 0.387 e. The average Bonchev–Trinajstić information content (AvgIpc) is 3.41. The van der Waals surface area contributed by atoms with Gasteiger partial charge in [0.25, 0.3) is 11.8 Å². The van der Waals surface area contributed by atoms with E-state index in [1.807, 2.05) is 30.3 Å². The first-order valence-corrected chi connectivity index (χ1v) is 10.1. The second-order valence-electron chi connectivity index (χ2n) is 7.23. The van der Waals surface area contributed by atoms with Gasteiger partial charge >= 0.3 is 12.6 Å². The van der Waals surface area contributed by atoms with Crippen molar-refractivity contribution in [2.75, 3.05) is 6.61 Å². The van der Waals surface area contributed by atoms with Gasteiger partial charge in [0.05, 0.1) is 5.69 Å². The summed E-state index contributed by atoms with van der Waals surface area (Å²) in [6, 6.07) is 14.2. The summed E-state index contributed by atoms with van der Waals surface area (Å²) in [5.74, 6) is -2.47. The Balaban J connectivity index is 1.36. The number of benzene rings is 2. The minimum Gasteiger partial charge on any atom is -0.451 e. The molecule has 1 aliphatic carbocycles. The summed E-state index contributed by atoms with van der Waals surface area (Å²) in [6.45, 7) is -3.66. The maximum absolute atomic E-state index is 12.6. The number of imide groups is 1. The molecule has 3 aromatic rings. The number of carbonyl (C=O) groups is 3. The molecule has 1 heterocycles. The van der Waals surface area contributed by atoms with Gasteiger partial charge in [0, 0.05) is 16.8 Å². The number of alkyl halides is 2. The molecule has 0 saturated heterocycles. The van der Waals surface area contributed by atoms with Crippen LogP contribution in [0.5, 0.6) is 5.75 Å². The van der Waals surface area contributed by atoms with Crippen molar-refractivity contribution in [2.24, 2.45) is 0 Å². The lowest BCUT2D eigenvalue weighted by Gasteiger charge is -2.07. The van der Waals surface area contributed by atoms with Crippen molar-refractivity contribution in [1.82, 2.24) is 15.1 Å². The third kappa shape index (κ3) is 5.05. The van der Waals surface area contributed by atoms with E-state index in [4.69, 9.17) is 4.74 Å². The van der Waals surface area contributed by atoms with E-state index in [9.17, 15) is 23.2 Å². The lowest BCUT2D eigenvalue weighted by Crippen LogP contribution is -2.34. The van der Waals surface area contributed by atoms with Crippen LogP contribution in [0.4, 0.5) is 8.78 Å². The monoisotopic (exact) mass is 455 g/mol. The van der Waals surface area contributed by atoms with Crippen LogP contribution in [-0.4, -0.2) is 40.8 Å². The maximum atomic E-state index is 12.6. The van der Waals surface area contributed by atoms with E-state index in [1.165, 1.54) is 24.3 Å². The molecule has 2 aromatic carbocycles. The Morgan fingerprint density at radius 1 is 1.03 bits per heavy atom. The SMILES string of the molecule is O=C(COC(=O)c1nn(-c2ccccc2)c2c1CCC2)NC(=O)c1ccc(OC(F)F)cc1. The molecule has 1 N–H and O–H groups in total. The Morgan fingerprint density at radius 3 is 2.45 bits per heavy atom. The standard InChI is InChI=1S/C23H19F2N3O5/c24-23(25)33-16-11-9-14(10-12-16)21(30)26-19(29)13-32-22(31)20-17-7-4-8-18(17)28(27-20)15-5-2-1-3-6-15/h1-3,5-6,9-12,23H,4,7-8,13H2,(H,26,29,30). The molecule has 1 aromatic heterocycles. The van der Waals surface area contributed by atoms with Crippen LogP contribution in [0, 0.1) is 0 Å². The zero-order chi connectivity index (χ0) is 23.4. The van der Waals surface area contributed by atoms with Crippen LogP contribution in [0.2, 0.25) is 0 Å². The molecule has 0 saturated carbocycles. The Labute approximate surface area is 187 Å². The van der Waals surface area contributed by atoms with E-state index >= 15 is 0 Å². The number of amides is 2. The molecule has 0 spiro atoms. The zero-order valence-electron chi connectivity index (χ0n) is 17.3. The van der Waals surface area contributed by atoms with Gasteiger partial charge in [-0.2, -0.15) is 13.9 Å². The van der Waals surface area contributed by atoms with Crippen molar-refractivity contribution in [2.45, 2.75) is 25.9 Å². The minimum atomic E-state index is -2.98. The number of ether oxygens (including phenoxy) is 2. The van der Waals surface area contributed by atoms with Crippen molar-refractivity contribution >= 4 is 17.8 Å². The molecule has 0 unspecified atom stereocenters. The van der Waals surface area contributed by atoms with Crippen LogP contribution >= 0.6 is 0 Å². The molecule has 1 aliphatic rings. The topological polar surface area (TPSA) is 99.5 Å². The molecule has 4 rings (SSSR count). The number of aromatic nitrogens is 2. The van der Waals surface area contributed by atoms with Crippen LogP contribution in [0.25, 0.3) is 5.69 Å². The third-order valence-electron chi connectivity index (χ3n) is 5.05. The number of hydrogen-bond donors (Lipinski definition) is 1. The summed E-state index contributed by atoms with van der Waals surface area (Å²) in [7, 11) is 0. The van der Waals surface area contributed by atoms with E-state index < -0.39 is 31.0 Å². The fourth-order valence-corrected chi connectivity index (χ4v) is 3.61. The first-order valence-electron chi connectivity index (χ1n) is 10.1. The number of hydrogen-bond acceptors (Lipinski definition) is 6. The van der Waals surface area contributed by atoms with Gasteiger partial charge < -0.3 is 9.47 Å². The van der Waals surface area contributed by atoms with Crippen molar-refractivity contribution in [1.29, 1.82) is 0 Å². The Hall–Kier alpha value is -4.08. The Bertz CT molecular complexity index is 1180. The number of fused-ring (bicyclic) bond motifs is 1. The Morgan fingerprint density at radius 2 is 1.76 bits per heavy atom. The Kier molecular flexibility index (Phi) is 6.43. The van der Waals surface area contributed by atoms with Gasteiger partial charge in [-0.05, 0) is 55.7 Å². The highest BCUT2D eigenvalue weighted by molar-refractivity contribution is 6.05. The van der Waals surface area contributed by atoms with E-state index in [2.05, 4.69) is 15.2 Å². The van der Waals surface area contributed by atoms with Gasteiger partial charge in [0.1, 0.15) is 5.75 Å². The van der Waals surface area contributed by atoms with Gasteiger partial charge in [0.15, 0.2) is 12.3 Å². The lowest BCUT2D eigenvalue weighted by atomic mass is 10.2. The summed E-state index contributed by atoms with van der Waals surface area (Å²) in [6.07, 6.45) is 2.35. The number of rotatable bonds is 7. The fourth-order valence-electron chi connectivity index (χ4n) is 3.61. The second-order valence-corrected chi connectivity index (χ2v) is 7.23. The summed E-state index contributed by atoms with van der Waals surface area (Å²) in [4.78, 5) is 36.8. The molecule has 33 heavy (non-hydrogen) atoms. The van der Waals surface area contributed by atoms with Crippen molar-refractivity contribution in [3.63, 3.8) is 0 Å². The first-order chi connectivity index (χ1) is 15.9. The largest absolute Gasteiger partial charge is 0.451 e. The normalized spacial score (nSPS) is 12.3. The molecule has 0 bridgehead atoms. The highest BCUT2D eigenvalue weighted by Gasteiger charge is 2.28. The van der Waals surface area contributed by atoms with Crippen LogP contribution in [-0.2, 0) is 22.4 Å². The summed E-state index contributed by atoms with van der Waals surface area (Å²) in [5.41, 5.74) is 2.76. The van der Waals surface area contributed by atoms with Crippen LogP contribution in [0.15, 0.2) is 54.6 Å². The number of halogens is 2. The van der Waals surface area contributed by atoms with Crippen molar-refractivity contribution < 1.29 is 32.6 Å². The lowest BCUT2D eigenvalue weighted by molar-refractivity contribution is -0.123. The number of nitrogens with zero attached hydrogens (tertiary/aromatic N) is 2. The minimum absolute atomic E-state index is 0.0516. The summed E-state index contributed by atoms with van der Waals surface area (Å²) >= 11 is 0. The number of esters is 1. The van der Waals surface area contributed by atoms with Gasteiger partial charge in [-0.3, -0.25) is 14.9 Å². The molecule has 10 heteroatoms. The van der Waals surface area contributed by atoms with Gasteiger partial charge in [-0.25, -0.2) is 9.48 Å². The average molecular weight is 455 g/mol. The third-order valence-corrected chi connectivity index (χ3v) is 5.05. The second kappa shape index (κ2) is 9.60. The molecule has 0 aliphatic heterocycles. The van der Waals surface area contributed by atoms with Gasteiger partial charge in [-0.1, -0.05) is 18.2 Å². The quantitative estimate of drug-likeness (QED) is 0.550. The predicted octanol–water partition coefficient (Wildman–Crippen LogP) is 3.08. The van der Waals surface area contributed by atoms with Gasteiger partial charge in [-0.15, -0.1) is 0 Å². The van der Waals surface area contributed by atoms with E-state index in [0.29, 0.717) is 6.42 Å². The number of carbonyl (C=O) groups excluding carboxylic acids is 3. The van der Waals surface area contributed by atoms with Crippen LogP contribution in [0.1, 0.15) is 38.5 Å². The van der Waals surface area contributed by atoms with E-state index in [-0.39, 0.29) is 17.0 Å². The molecule has 170 valence electrons. The van der Waals surface area contributed by atoms with Crippen LogP contribution < -0.4 is 10.1 Å². The summed E-state index contributed by atoms with van der Waals surface area (Å²) < 4.78 is 35.4. The molecule has 8 nitrogen and oxygen atoms in total. The predicted molar refractivity (Wildman–Crippen MR) is 111 cm³/mol. The smallest absolute Gasteiger partial charge is 0.387 e. The number of para-hydroxylation sites is 1. The first kappa shape index (κ1) is 22.1. The van der Waals surface area contributed by atoms with Gasteiger partial charge in [0.2, 0.25) is 0 Å². The zero-order valence-corrected chi connectivity index (χ0v) is 17.3. The fraction of sp³-hybridized carbons (Fsp3) is 0.217. The van der Waals surface area contributed by atoms with Crippen molar-refractivity contribution in [3.8, 4) is 11.4 Å². The van der Waals surface area contributed by atoms with Crippen molar-refractivity contribution in [3.05, 3.63) is 77.1 Å². The van der Waals surface area contributed by atoms with E-state index in [1.54, 1.807) is 4.68 Å². The van der Waals surface area contributed by atoms with Crippen LogP contribution in [0.3, 0.4) is 0 Å². The molecular formula is C23H19F2N3O5. The highest BCUT2D eigenvalue weighted by atomic mass is 19.3. The molecule has 2 amide bonds. The number of nitrogens with one attached hydrogen (secondary N) is 1. The van der Waals surface area contributed by atoms with E-state index in [0.717, 1.165) is 29.8 Å².